The number of thiophene rings is 1. The van der Waals surface area contributed by atoms with Crippen molar-refractivity contribution in [2.45, 2.75) is 83.7 Å². The fraction of sp³-hybridized carbons (Fsp3) is 0.361. The lowest BCUT2D eigenvalue weighted by Gasteiger charge is -2.43. The summed E-state index contributed by atoms with van der Waals surface area (Å²) in [6.45, 7) is 4.52. The summed E-state index contributed by atoms with van der Waals surface area (Å²) < 4.78 is 13.9. The van der Waals surface area contributed by atoms with Gasteiger partial charge in [0.2, 0.25) is 5.90 Å². The molecule has 0 fully saturated rings. The molecule has 1 aromatic heterocycles. The van der Waals surface area contributed by atoms with Crippen LogP contribution >= 0.6 is 11.3 Å². The van der Waals surface area contributed by atoms with Gasteiger partial charge in [-0.2, -0.15) is 0 Å². The number of hydrogen-bond donors (Lipinski definition) is 0. The third-order valence-electron chi connectivity index (χ3n) is 8.20. The first-order chi connectivity index (χ1) is 19.7. The maximum absolute atomic E-state index is 7.13. The van der Waals surface area contributed by atoms with Crippen molar-refractivity contribution < 1.29 is 9.47 Å². The van der Waals surface area contributed by atoms with Crippen LogP contribution < -0.4 is 4.74 Å². The van der Waals surface area contributed by atoms with Gasteiger partial charge in [-0.25, -0.2) is 4.99 Å². The molecule has 0 aliphatic carbocycles. The molecule has 0 atom stereocenters. The molecule has 3 heterocycles. The molecule has 4 aromatic rings. The number of fused-ring (bicyclic) bond motifs is 6. The van der Waals surface area contributed by atoms with E-state index in [1.54, 1.807) is 11.3 Å². The van der Waals surface area contributed by atoms with Gasteiger partial charge in [0.15, 0.2) is 5.60 Å². The van der Waals surface area contributed by atoms with Gasteiger partial charge in [0.1, 0.15) is 11.5 Å². The topological polar surface area (TPSA) is 30.8 Å². The molecule has 3 nitrogen and oxygen atoms in total. The van der Waals surface area contributed by atoms with Gasteiger partial charge in [-0.05, 0) is 66.5 Å². The van der Waals surface area contributed by atoms with Crippen molar-refractivity contribution in [1.82, 2.24) is 0 Å². The van der Waals surface area contributed by atoms with Crippen LogP contribution in [-0.2, 0) is 23.2 Å². The first-order valence-electron chi connectivity index (χ1n) is 15.1. The average Bonchev–Trinajstić information content (AvgIpc) is 3.53. The molecule has 2 aliphatic rings. The minimum absolute atomic E-state index is 0.666. The van der Waals surface area contributed by atoms with E-state index in [1.807, 2.05) is 0 Å². The Bertz CT molecular complexity index is 1430. The Hall–Kier alpha value is -3.37. The lowest BCUT2D eigenvalue weighted by molar-refractivity contribution is 0.124. The van der Waals surface area contributed by atoms with Crippen LogP contribution in [0.3, 0.4) is 0 Å². The first-order valence-corrected chi connectivity index (χ1v) is 16.0. The summed E-state index contributed by atoms with van der Waals surface area (Å²) in [5.41, 5.74) is 5.91. The molecule has 0 radical (unpaired) electrons. The smallest absolute Gasteiger partial charge is 0.233 e. The quantitative estimate of drug-likeness (QED) is 0.174. The highest BCUT2D eigenvalue weighted by Gasteiger charge is 2.50. The van der Waals surface area contributed by atoms with Gasteiger partial charge in [0.05, 0.1) is 10.6 Å². The zero-order chi connectivity index (χ0) is 27.4. The average molecular weight is 550 g/mol. The number of benzene rings is 3. The standard InChI is InChI=1S/C36H39NO2S/c1-3-5-7-9-14-26-19-21-29-32(24-26)38-33-25-27(15-10-8-6-4-2)20-22-30(33)36(29)28-16-11-12-17-31(28)37-35(39-36)34-18-13-23-40-34/h11-13,16-25H,3-10,14-15H2,1-2H3. The first kappa shape index (κ1) is 26.8. The molecule has 0 amide bonds. The van der Waals surface area contributed by atoms with Crippen molar-refractivity contribution in [3.05, 3.63) is 111 Å². The molecule has 3 aromatic carbocycles. The highest BCUT2D eigenvalue weighted by atomic mass is 32.1. The van der Waals surface area contributed by atoms with E-state index >= 15 is 0 Å². The molecule has 0 unspecified atom stereocenters. The SMILES string of the molecule is CCCCCCc1ccc2c(c1)Oc1cc(CCCCCC)ccc1C21OC(c2cccs2)=Nc2ccccc21. The van der Waals surface area contributed by atoms with Crippen LogP contribution in [0.15, 0.2) is 83.2 Å². The van der Waals surface area contributed by atoms with Crippen LogP contribution in [0.5, 0.6) is 11.5 Å². The van der Waals surface area contributed by atoms with Crippen LogP contribution in [0.25, 0.3) is 0 Å². The maximum Gasteiger partial charge on any atom is 0.233 e. The predicted octanol–water partition coefficient (Wildman–Crippen LogP) is 10.5. The van der Waals surface area contributed by atoms with E-state index in [0.29, 0.717) is 5.90 Å². The van der Waals surface area contributed by atoms with E-state index in [2.05, 4.69) is 92.0 Å². The summed E-state index contributed by atoms with van der Waals surface area (Å²) in [4.78, 5) is 6.03. The highest BCUT2D eigenvalue weighted by Crippen LogP contribution is 2.56. The van der Waals surface area contributed by atoms with Crippen LogP contribution in [0.1, 0.15) is 97.9 Å². The van der Waals surface area contributed by atoms with E-state index in [4.69, 9.17) is 14.5 Å². The lowest BCUT2D eigenvalue weighted by atomic mass is 9.76. The monoisotopic (exact) mass is 549 g/mol. The van der Waals surface area contributed by atoms with E-state index in [-0.39, 0.29) is 0 Å². The van der Waals surface area contributed by atoms with Crippen molar-refractivity contribution in [2.75, 3.05) is 0 Å². The molecule has 1 spiro atoms. The molecular weight excluding hydrogens is 510 g/mol. The van der Waals surface area contributed by atoms with Gasteiger partial charge in [-0.3, -0.25) is 0 Å². The van der Waals surface area contributed by atoms with Crippen molar-refractivity contribution in [3.63, 3.8) is 0 Å². The number of hydrogen-bond acceptors (Lipinski definition) is 4. The number of nitrogens with zero attached hydrogens (tertiary/aromatic N) is 1. The molecule has 0 N–H and O–H groups in total. The third kappa shape index (κ3) is 5.10. The molecule has 0 saturated carbocycles. The Morgan fingerprint density at radius 3 is 1.93 bits per heavy atom. The lowest BCUT2D eigenvalue weighted by Crippen LogP contribution is -2.40. The van der Waals surface area contributed by atoms with Crippen LogP contribution in [0.2, 0.25) is 0 Å². The maximum atomic E-state index is 7.13. The number of unbranched alkanes of at least 4 members (excludes halogenated alkanes) is 6. The summed E-state index contributed by atoms with van der Waals surface area (Å²) >= 11 is 1.66. The molecule has 40 heavy (non-hydrogen) atoms. The van der Waals surface area contributed by atoms with Gasteiger partial charge >= 0.3 is 0 Å². The fourth-order valence-corrected chi connectivity index (χ4v) is 6.73. The normalized spacial score (nSPS) is 14.5. The number of aryl methyl sites for hydroxylation is 2. The van der Waals surface area contributed by atoms with Gasteiger partial charge < -0.3 is 9.47 Å². The highest BCUT2D eigenvalue weighted by molar-refractivity contribution is 7.12. The number of rotatable bonds is 11. The second kappa shape index (κ2) is 12.0. The zero-order valence-electron chi connectivity index (χ0n) is 23.7. The molecule has 6 rings (SSSR count). The summed E-state index contributed by atoms with van der Waals surface area (Å²) in [5, 5.41) is 2.08. The Morgan fingerprint density at radius 2 is 1.32 bits per heavy atom. The number of ether oxygens (including phenoxy) is 2. The second-order valence-electron chi connectivity index (χ2n) is 11.1. The minimum Gasteiger partial charge on any atom is -0.456 e. The van der Waals surface area contributed by atoms with Crippen molar-refractivity contribution >= 4 is 22.9 Å². The molecule has 4 heteroatoms. The summed E-state index contributed by atoms with van der Waals surface area (Å²) in [6.07, 6.45) is 12.1. The van der Waals surface area contributed by atoms with Crippen LogP contribution in [-0.4, -0.2) is 5.90 Å². The van der Waals surface area contributed by atoms with Gasteiger partial charge in [0, 0.05) is 16.7 Å². The Labute approximate surface area is 242 Å². The number of para-hydroxylation sites is 1. The molecule has 206 valence electrons. The van der Waals surface area contributed by atoms with Gasteiger partial charge in [-0.1, -0.05) is 101 Å². The second-order valence-corrected chi connectivity index (χ2v) is 12.0. The summed E-state index contributed by atoms with van der Waals surface area (Å²) in [7, 11) is 0. The van der Waals surface area contributed by atoms with E-state index in [0.717, 1.165) is 51.6 Å². The van der Waals surface area contributed by atoms with Crippen LogP contribution in [0.4, 0.5) is 5.69 Å². The van der Waals surface area contributed by atoms with Crippen molar-refractivity contribution in [3.8, 4) is 11.5 Å². The van der Waals surface area contributed by atoms with E-state index < -0.39 is 5.60 Å². The van der Waals surface area contributed by atoms with E-state index in [9.17, 15) is 0 Å². The Morgan fingerprint density at radius 1 is 0.675 bits per heavy atom. The van der Waals surface area contributed by atoms with Crippen molar-refractivity contribution in [2.24, 2.45) is 4.99 Å². The van der Waals surface area contributed by atoms with Crippen LogP contribution in [0, 0.1) is 0 Å². The molecule has 0 saturated heterocycles. The fourth-order valence-electron chi connectivity index (χ4n) is 6.08. The molecule has 0 bridgehead atoms. The number of aliphatic imine (C=N–C) groups is 1. The Kier molecular flexibility index (Phi) is 8.06. The van der Waals surface area contributed by atoms with Crippen molar-refractivity contribution in [1.29, 1.82) is 0 Å². The van der Waals surface area contributed by atoms with Gasteiger partial charge in [-0.15, -0.1) is 11.3 Å². The Balaban J connectivity index is 1.47. The van der Waals surface area contributed by atoms with Gasteiger partial charge in [0.25, 0.3) is 0 Å². The molecular formula is C36H39NO2S. The summed E-state index contributed by atoms with van der Waals surface area (Å²) in [5.74, 6) is 2.46. The summed E-state index contributed by atoms with van der Waals surface area (Å²) in [6, 6.07) is 26.1. The largest absolute Gasteiger partial charge is 0.456 e. The zero-order valence-corrected chi connectivity index (χ0v) is 24.6. The molecule has 2 aliphatic heterocycles. The minimum atomic E-state index is -0.831. The predicted molar refractivity (Wildman–Crippen MR) is 167 cm³/mol. The third-order valence-corrected chi connectivity index (χ3v) is 9.05. The van der Waals surface area contributed by atoms with E-state index in [1.165, 1.54) is 62.5 Å².